The van der Waals surface area contributed by atoms with E-state index < -0.39 is 5.60 Å². The Morgan fingerprint density at radius 1 is 1.64 bits per heavy atom. The molecular weight excluding hydrogens is 144 g/mol. The number of rotatable bonds is 3. The Balaban J connectivity index is 2.28. The SMILES string of the molecule is CC(C)(CO)OC1CCCO1. The second-order valence-electron chi connectivity index (χ2n) is 3.48. The van der Waals surface area contributed by atoms with Gasteiger partial charge in [0, 0.05) is 13.0 Å². The molecule has 1 atom stereocenters. The molecule has 0 radical (unpaired) electrons. The van der Waals surface area contributed by atoms with E-state index in [-0.39, 0.29) is 12.9 Å². The van der Waals surface area contributed by atoms with Crippen LogP contribution in [-0.4, -0.2) is 30.2 Å². The van der Waals surface area contributed by atoms with Gasteiger partial charge in [-0.2, -0.15) is 0 Å². The van der Waals surface area contributed by atoms with Crippen molar-refractivity contribution in [3.8, 4) is 0 Å². The van der Waals surface area contributed by atoms with Crippen LogP contribution < -0.4 is 0 Å². The lowest BCUT2D eigenvalue weighted by Gasteiger charge is -2.26. The van der Waals surface area contributed by atoms with Crippen LogP contribution in [0.1, 0.15) is 26.7 Å². The first-order valence-corrected chi connectivity index (χ1v) is 4.04. The van der Waals surface area contributed by atoms with Crippen molar-refractivity contribution in [3.05, 3.63) is 0 Å². The third-order valence-corrected chi connectivity index (χ3v) is 1.72. The molecule has 0 bridgehead atoms. The Bertz CT molecular complexity index is 117. The van der Waals surface area contributed by atoms with Crippen molar-refractivity contribution in [1.82, 2.24) is 0 Å². The highest BCUT2D eigenvalue weighted by Gasteiger charge is 2.25. The summed E-state index contributed by atoms with van der Waals surface area (Å²) in [6.45, 7) is 4.53. The fourth-order valence-electron chi connectivity index (χ4n) is 1.03. The molecule has 1 saturated heterocycles. The zero-order chi connectivity index (χ0) is 8.32. The molecule has 0 aromatic heterocycles. The molecule has 0 aromatic rings. The molecule has 11 heavy (non-hydrogen) atoms. The van der Waals surface area contributed by atoms with E-state index in [2.05, 4.69) is 0 Å². The van der Waals surface area contributed by atoms with E-state index in [0.717, 1.165) is 19.4 Å². The molecule has 66 valence electrons. The highest BCUT2D eigenvalue weighted by atomic mass is 16.7. The Labute approximate surface area is 67.3 Å². The minimum absolute atomic E-state index is 0.0346. The maximum Gasteiger partial charge on any atom is 0.158 e. The summed E-state index contributed by atoms with van der Waals surface area (Å²) in [6.07, 6.45) is 1.91. The van der Waals surface area contributed by atoms with Crippen LogP contribution in [0.15, 0.2) is 0 Å². The molecule has 1 fully saturated rings. The van der Waals surface area contributed by atoms with Gasteiger partial charge in [0.05, 0.1) is 12.2 Å². The zero-order valence-electron chi connectivity index (χ0n) is 7.17. The number of aliphatic hydroxyl groups is 1. The second-order valence-corrected chi connectivity index (χ2v) is 3.48. The van der Waals surface area contributed by atoms with E-state index in [9.17, 15) is 0 Å². The van der Waals surface area contributed by atoms with E-state index in [0.29, 0.717) is 0 Å². The van der Waals surface area contributed by atoms with E-state index in [4.69, 9.17) is 14.6 Å². The first-order chi connectivity index (χ1) is 5.14. The number of hydrogen-bond donors (Lipinski definition) is 1. The third kappa shape index (κ3) is 2.77. The molecule has 1 aliphatic rings. The van der Waals surface area contributed by atoms with Crippen LogP contribution >= 0.6 is 0 Å². The van der Waals surface area contributed by atoms with Crippen LogP contribution in [0.2, 0.25) is 0 Å². The van der Waals surface area contributed by atoms with Gasteiger partial charge in [0.2, 0.25) is 0 Å². The van der Waals surface area contributed by atoms with Crippen LogP contribution in [0.3, 0.4) is 0 Å². The lowest BCUT2D eigenvalue weighted by molar-refractivity contribution is -0.189. The lowest BCUT2D eigenvalue weighted by atomic mass is 10.1. The molecule has 0 amide bonds. The summed E-state index contributed by atoms with van der Waals surface area (Å²) in [6, 6.07) is 0. The number of ether oxygens (including phenoxy) is 2. The highest BCUT2D eigenvalue weighted by Crippen LogP contribution is 2.19. The van der Waals surface area contributed by atoms with Gasteiger partial charge in [-0.1, -0.05) is 0 Å². The van der Waals surface area contributed by atoms with E-state index >= 15 is 0 Å². The van der Waals surface area contributed by atoms with Crippen LogP contribution in [0, 0.1) is 0 Å². The molecule has 1 unspecified atom stereocenters. The molecule has 3 heteroatoms. The van der Waals surface area contributed by atoms with Gasteiger partial charge in [0.1, 0.15) is 0 Å². The topological polar surface area (TPSA) is 38.7 Å². The molecule has 0 aliphatic carbocycles. The van der Waals surface area contributed by atoms with Crippen molar-refractivity contribution in [2.75, 3.05) is 13.2 Å². The van der Waals surface area contributed by atoms with Crippen molar-refractivity contribution in [2.45, 2.75) is 38.6 Å². The normalized spacial score (nSPS) is 25.9. The molecule has 1 heterocycles. The molecule has 0 spiro atoms. The quantitative estimate of drug-likeness (QED) is 0.667. The fraction of sp³-hybridized carbons (Fsp3) is 1.00. The van der Waals surface area contributed by atoms with Gasteiger partial charge < -0.3 is 14.6 Å². The third-order valence-electron chi connectivity index (χ3n) is 1.72. The molecule has 3 nitrogen and oxygen atoms in total. The summed E-state index contributed by atoms with van der Waals surface area (Å²) in [7, 11) is 0. The van der Waals surface area contributed by atoms with Crippen molar-refractivity contribution >= 4 is 0 Å². The van der Waals surface area contributed by atoms with Gasteiger partial charge >= 0.3 is 0 Å². The Hall–Kier alpha value is -0.120. The first-order valence-electron chi connectivity index (χ1n) is 4.04. The van der Waals surface area contributed by atoms with Crippen LogP contribution in [0.4, 0.5) is 0 Å². The largest absolute Gasteiger partial charge is 0.393 e. The Morgan fingerprint density at radius 3 is 2.82 bits per heavy atom. The van der Waals surface area contributed by atoms with Crippen LogP contribution in [0.5, 0.6) is 0 Å². The van der Waals surface area contributed by atoms with Crippen molar-refractivity contribution in [1.29, 1.82) is 0 Å². The molecular formula is C8H16O3. The lowest BCUT2D eigenvalue weighted by Crippen LogP contribution is -2.33. The predicted octanol–water partition coefficient (Wildman–Crippen LogP) is 0.910. The Morgan fingerprint density at radius 2 is 2.36 bits per heavy atom. The first kappa shape index (κ1) is 8.97. The van der Waals surface area contributed by atoms with Gasteiger partial charge in [-0.3, -0.25) is 0 Å². The monoisotopic (exact) mass is 160 g/mol. The van der Waals surface area contributed by atoms with Gasteiger partial charge in [0.25, 0.3) is 0 Å². The minimum Gasteiger partial charge on any atom is -0.393 e. The second kappa shape index (κ2) is 3.52. The highest BCUT2D eigenvalue weighted by molar-refractivity contribution is 4.68. The van der Waals surface area contributed by atoms with Crippen LogP contribution in [0.25, 0.3) is 0 Å². The van der Waals surface area contributed by atoms with Crippen LogP contribution in [-0.2, 0) is 9.47 Å². The fourth-order valence-corrected chi connectivity index (χ4v) is 1.03. The molecule has 0 aromatic carbocycles. The molecule has 1 aliphatic heterocycles. The summed E-state index contributed by atoms with van der Waals surface area (Å²) in [5.41, 5.74) is -0.463. The van der Waals surface area contributed by atoms with Gasteiger partial charge in [-0.05, 0) is 20.3 Å². The predicted molar refractivity (Wildman–Crippen MR) is 41.2 cm³/mol. The van der Waals surface area contributed by atoms with E-state index in [1.165, 1.54) is 0 Å². The zero-order valence-corrected chi connectivity index (χ0v) is 7.17. The molecule has 1 rings (SSSR count). The minimum atomic E-state index is -0.463. The molecule has 0 saturated carbocycles. The van der Waals surface area contributed by atoms with Crippen molar-refractivity contribution < 1.29 is 14.6 Å². The van der Waals surface area contributed by atoms with E-state index in [1.807, 2.05) is 13.8 Å². The average Bonchev–Trinajstić information content (AvgIpc) is 2.39. The summed E-state index contributed by atoms with van der Waals surface area (Å²) in [5.74, 6) is 0. The van der Waals surface area contributed by atoms with E-state index in [1.54, 1.807) is 0 Å². The standard InChI is InChI=1S/C8H16O3/c1-8(2,6-9)11-7-4-3-5-10-7/h7,9H,3-6H2,1-2H3. The van der Waals surface area contributed by atoms with Gasteiger partial charge in [-0.15, -0.1) is 0 Å². The summed E-state index contributed by atoms with van der Waals surface area (Å²) < 4.78 is 10.7. The average molecular weight is 160 g/mol. The maximum absolute atomic E-state index is 8.87. The van der Waals surface area contributed by atoms with Crippen molar-refractivity contribution in [3.63, 3.8) is 0 Å². The van der Waals surface area contributed by atoms with Crippen molar-refractivity contribution in [2.24, 2.45) is 0 Å². The van der Waals surface area contributed by atoms with Gasteiger partial charge in [0.15, 0.2) is 6.29 Å². The Kier molecular flexibility index (Phi) is 2.87. The molecule has 1 N–H and O–H groups in total. The maximum atomic E-state index is 8.87. The summed E-state index contributed by atoms with van der Waals surface area (Å²) in [4.78, 5) is 0. The summed E-state index contributed by atoms with van der Waals surface area (Å²) >= 11 is 0. The van der Waals surface area contributed by atoms with Gasteiger partial charge in [-0.25, -0.2) is 0 Å². The summed E-state index contributed by atoms with van der Waals surface area (Å²) in [5, 5.41) is 8.87. The number of aliphatic hydroxyl groups excluding tert-OH is 1. The smallest absolute Gasteiger partial charge is 0.158 e. The number of hydrogen-bond acceptors (Lipinski definition) is 3.